The van der Waals surface area contributed by atoms with Crippen LogP contribution in [-0.4, -0.2) is 50.0 Å². The van der Waals surface area contributed by atoms with E-state index in [1.807, 2.05) is 0 Å². The fourth-order valence-corrected chi connectivity index (χ4v) is 2.22. The van der Waals surface area contributed by atoms with Crippen molar-refractivity contribution in [2.75, 3.05) is 24.8 Å². The molecule has 2 rings (SSSR count). The van der Waals surface area contributed by atoms with Gasteiger partial charge in [0.05, 0.1) is 19.3 Å². The van der Waals surface area contributed by atoms with E-state index in [0.29, 0.717) is 5.82 Å². The Morgan fingerprint density at radius 2 is 2.37 bits per heavy atom. The molecule has 0 saturated heterocycles. The fraction of sp³-hybridized carbons (Fsp3) is 0.600. The Morgan fingerprint density at radius 1 is 1.58 bits per heavy atom. The summed E-state index contributed by atoms with van der Waals surface area (Å²) in [5.41, 5.74) is 0.522. The van der Waals surface area contributed by atoms with Crippen LogP contribution >= 0.6 is 8.38 Å². The van der Waals surface area contributed by atoms with E-state index in [9.17, 15) is 4.79 Å². The third-order valence-electron chi connectivity index (χ3n) is 2.79. The van der Waals surface area contributed by atoms with E-state index in [0.717, 1.165) is 18.5 Å². The Labute approximate surface area is 110 Å². The van der Waals surface area contributed by atoms with Gasteiger partial charge < -0.3 is 24.9 Å². The second-order valence-electron chi connectivity index (χ2n) is 4.20. The Balaban J connectivity index is 2.07. The van der Waals surface area contributed by atoms with Crippen LogP contribution in [0.4, 0.5) is 5.82 Å². The number of aliphatic hydroxyl groups excluding tert-OH is 1. The zero-order chi connectivity index (χ0) is 13.8. The first-order valence-electron chi connectivity index (χ1n) is 5.82. The van der Waals surface area contributed by atoms with Crippen LogP contribution in [0.3, 0.4) is 0 Å². The first-order valence-corrected chi connectivity index (χ1v) is 7.25. The molecular weight excluding hydrogens is 273 g/mol. The third-order valence-corrected chi connectivity index (χ3v) is 3.17. The maximum Gasteiger partial charge on any atom is 0.349 e. The molecule has 4 N–H and O–H groups in total. The number of aromatic nitrogens is 2. The van der Waals surface area contributed by atoms with Gasteiger partial charge in [-0.15, -0.1) is 0 Å². The molecule has 0 saturated carbocycles. The Hall–Kier alpha value is -1.05. The number of nitrogens with zero attached hydrogens (tertiary/aromatic N) is 2. The van der Waals surface area contributed by atoms with Gasteiger partial charge in [-0.2, -0.15) is 4.98 Å². The summed E-state index contributed by atoms with van der Waals surface area (Å²) in [7, 11) is -2.17. The minimum Gasteiger partial charge on any atom is -0.394 e. The highest BCUT2D eigenvalue weighted by Gasteiger charge is 2.17. The fourth-order valence-electron chi connectivity index (χ4n) is 1.87. The van der Waals surface area contributed by atoms with Crippen molar-refractivity contribution in [3.8, 4) is 0 Å². The molecule has 1 aromatic heterocycles. The van der Waals surface area contributed by atoms with Crippen molar-refractivity contribution in [3.63, 3.8) is 0 Å². The highest BCUT2D eigenvalue weighted by Crippen LogP contribution is 2.23. The maximum atomic E-state index is 11.7. The number of fused-ring (bicyclic) bond motifs is 1. The quantitative estimate of drug-likeness (QED) is 0.488. The van der Waals surface area contributed by atoms with Crippen molar-refractivity contribution in [2.45, 2.75) is 19.1 Å². The van der Waals surface area contributed by atoms with Gasteiger partial charge in [-0.1, -0.05) is 0 Å². The van der Waals surface area contributed by atoms with Crippen LogP contribution in [-0.2, 0) is 17.7 Å². The third kappa shape index (κ3) is 3.71. The summed E-state index contributed by atoms with van der Waals surface area (Å²) in [6, 6.07) is 0. The lowest BCUT2D eigenvalue weighted by Gasteiger charge is -2.17. The standard InChI is InChI=1S/C10H16N3O5P/c14-5-8(18-6-19(16)17)4-13-3-7-1-2-11-9(7)12-10(13)15/h3,8,14,16-17H,1-2,4-6H2,(H,11,12,15). The average Bonchev–Trinajstić information content (AvgIpc) is 2.81. The van der Waals surface area contributed by atoms with Gasteiger partial charge in [0.1, 0.15) is 12.2 Å². The van der Waals surface area contributed by atoms with Gasteiger partial charge in [-0.05, 0) is 6.42 Å². The van der Waals surface area contributed by atoms with Crippen LogP contribution in [0.5, 0.6) is 0 Å². The average molecular weight is 289 g/mol. The smallest absolute Gasteiger partial charge is 0.349 e. The molecule has 0 fully saturated rings. The van der Waals surface area contributed by atoms with Gasteiger partial charge in [0, 0.05) is 18.3 Å². The number of rotatable bonds is 6. The zero-order valence-corrected chi connectivity index (χ0v) is 11.1. The van der Waals surface area contributed by atoms with Crippen molar-refractivity contribution in [1.82, 2.24) is 9.55 Å². The van der Waals surface area contributed by atoms with E-state index < -0.39 is 20.2 Å². The molecule has 0 spiro atoms. The number of aliphatic hydroxyl groups is 1. The summed E-state index contributed by atoms with van der Waals surface area (Å²) in [6.45, 7) is 0.564. The van der Waals surface area contributed by atoms with Gasteiger partial charge in [0.15, 0.2) is 8.38 Å². The normalized spacial score (nSPS) is 15.4. The Kier molecular flexibility index (Phi) is 4.84. The molecule has 1 atom stereocenters. The number of ether oxygens (including phenoxy) is 1. The van der Waals surface area contributed by atoms with Gasteiger partial charge in [-0.3, -0.25) is 4.57 Å². The molecule has 0 radical (unpaired) electrons. The summed E-state index contributed by atoms with van der Waals surface area (Å²) in [6.07, 6.45) is 1.56. The first kappa shape index (κ1) is 14.4. The molecule has 9 heteroatoms. The number of hydrogen-bond donors (Lipinski definition) is 4. The van der Waals surface area contributed by atoms with E-state index in [-0.39, 0.29) is 19.5 Å². The van der Waals surface area contributed by atoms with Crippen LogP contribution in [0.15, 0.2) is 11.0 Å². The number of anilines is 1. The van der Waals surface area contributed by atoms with Gasteiger partial charge in [0.2, 0.25) is 0 Å². The molecule has 1 aliphatic heterocycles. The minimum absolute atomic E-state index is 0.124. The molecule has 1 aromatic rings. The van der Waals surface area contributed by atoms with Crippen LogP contribution < -0.4 is 11.0 Å². The van der Waals surface area contributed by atoms with Crippen molar-refractivity contribution in [3.05, 3.63) is 22.2 Å². The lowest BCUT2D eigenvalue weighted by molar-refractivity contribution is 0.0220. The summed E-state index contributed by atoms with van der Waals surface area (Å²) < 4.78 is 6.47. The highest BCUT2D eigenvalue weighted by atomic mass is 31.2. The minimum atomic E-state index is -2.17. The van der Waals surface area contributed by atoms with E-state index in [2.05, 4.69) is 10.3 Å². The van der Waals surface area contributed by atoms with Crippen molar-refractivity contribution >= 4 is 14.2 Å². The van der Waals surface area contributed by atoms with E-state index in [4.69, 9.17) is 19.6 Å². The molecule has 1 unspecified atom stereocenters. The molecule has 8 nitrogen and oxygen atoms in total. The lowest BCUT2D eigenvalue weighted by Crippen LogP contribution is -2.32. The second-order valence-corrected chi connectivity index (χ2v) is 5.20. The summed E-state index contributed by atoms with van der Waals surface area (Å²) >= 11 is 0. The van der Waals surface area contributed by atoms with Crippen molar-refractivity contribution in [1.29, 1.82) is 0 Å². The number of nitrogens with one attached hydrogen (secondary N) is 1. The van der Waals surface area contributed by atoms with E-state index >= 15 is 0 Å². The zero-order valence-electron chi connectivity index (χ0n) is 10.2. The molecule has 0 aliphatic carbocycles. The topological polar surface area (TPSA) is 117 Å². The summed E-state index contributed by atoms with van der Waals surface area (Å²) in [5, 5.41) is 12.2. The first-order chi connectivity index (χ1) is 9.10. The summed E-state index contributed by atoms with van der Waals surface area (Å²) in [5.74, 6) is 0.608. The largest absolute Gasteiger partial charge is 0.394 e. The molecular formula is C10H16N3O5P. The van der Waals surface area contributed by atoms with Crippen LogP contribution in [0, 0.1) is 0 Å². The van der Waals surface area contributed by atoms with E-state index in [1.165, 1.54) is 4.57 Å². The molecule has 0 bridgehead atoms. The van der Waals surface area contributed by atoms with Crippen molar-refractivity contribution in [2.24, 2.45) is 0 Å². The highest BCUT2D eigenvalue weighted by molar-refractivity contribution is 7.44. The van der Waals surface area contributed by atoms with Crippen LogP contribution in [0.25, 0.3) is 0 Å². The predicted octanol–water partition coefficient (Wildman–Crippen LogP) is -1.16. The molecule has 106 valence electrons. The molecule has 1 aliphatic rings. The molecule has 19 heavy (non-hydrogen) atoms. The molecule has 2 heterocycles. The van der Waals surface area contributed by atoms with Gasteiger partial charge in [0.25, 0.3) is 0 Å². The summed E-state index contributed by atoms with van der Waals surface area (Å²) in [4.78, 5) is 33.2. The lowest BCUT2D eigenvalue weighted by atomic mass is 10.2. The Bertz CT molecular complexity index is 493. The second kappa shape index (κ2) is 6.40. The van der Waals surface area contributed by atoms with Gasteiger partial charge in [-0.25, -0.2) is 4.79 Å². The van der Waals surface area contributed by atoms with Crippen LogP contribution in [0.1, 0.15) is 5.56 Å². The van der Waals surface area contributed by atoms with Gasteiger partial charge >= 0.3 is 5.69 Å². The van der Waals surface area contributed by atoms with E-state index in [1.54, 1.807) is 6.20 Å². The number of hydrogen-bond acceptors (Lipinski definition) is 7. The predicted molar refractivity (Wildman–Crippen MR) is 68.9 cm³/mol. The maximum absolute atomic E-state index is 11.7. The molecule has 0 aromatic carbocycles. The molecule has 0 amide bonds. The van der Waals surface area contributed by atoms with Crippen molar-refractivity contribution < 1.29 is 19.6 Å². The Morgan fingerprint density at radius 3 is 3.05 bits per heavy atom. The monoisotopic (exact) mass is 289 g/mol. The SMILES string of the molecule is O=c1nc2c(cn1CC(CO)OCP(O)O)CCN2. The van der Waals surface area contributed by atoms with Crippen LogP contribution in [0.2, 0.25) is 0 Å².